The summed E-state index contributed by atoms with van der Waals surface area (Å²) in [6, 6.07) is 13.3. The number of nitrogen functional groups attached to an aromatic ring is 1. The Morgan fingerprint density at radius 1 is 1.12 bits per heavy atom. The summed E-state index contributed by atoms with van der Waals surface area (Å²) < 4.78 is 0. The molecule has 0 saturated carbocycles. The van der Waals surface area contributed by atoms with Gasteiger partial charge in [-0.2, -0.15) is 0 Å². The van der Waals surface area contributed by atoms with Gasteiger partial charge < -0.3 is 16.0 Å². The van der Waals surface area contributed by atoms with Crippen molar-refractivity contribution >= 4 is 23.0 Å². The van der Waals surface area contributed by atoms with E-state index in [2.05, 4.69) is 17.1 Å². The van der Waals surface area contributed by atoms with Crippen LogP contribution in [0.15, 0.2) is 42.5 Å². The van der Waals surface area contributed by atoms with Crippen molar-refractivity contribution in [1.82, 2.24) is 0 Å². The van der Waals surface area contributed by atoms with Gasteiger partial charge >= 0.3 is 0 Å². The first-order valence-electron chi connectivity index (χ1n) is 8.55. The minimum Gasteiger partial charge on any atom is -0.399 e. The average Bonchev–Trinajstić information content (AvgIpc) is 2.57. The predicted octanol–water partition coefficient (Wildman–Crippen LogP) is 4.07. The molecule has 1 fully saturated rings. The Morgan fingerprint density at radius 3 is 2.46 bits per heavy atom. The van der Waals surface area contributed by atoms with E-state index < -0.39 is 0 Å². The number of amides is 1. The van der Waals surface area contributed by atoms with Gasteiger partial charge in [0.1, 0.15) is 0 Å². The third-order valence-electron chi connectivity index (χ3n) is 4.71. The molecular weight excluding hydrogens is 298 g/mol. The Kier molecular flexibility index (Phi) is 4.74. The third-order valence-corrected chi connectivity index (χ3v) is 4.71. The van der Waals surface area contributed by atoms with Gasteiger partial charge in [-0.3, -0.25) is 4.79 Å². The van der Waals surface area contributed by atoms with Gasteiger partial charge in [-0.1, -0.05) is 24.6 Å². The van der Waals surface area contributed by atoms with Crippen molar-refractivity contribution in [2.75, 3.05) is 29.0 Å². The molecule has 3 rings (SSSR count). The highest BCUT2D eigenvalue weighted by Gasteiger charge is 2.19. The van der Waals surface area contributed by atoms with E-state index in [1.165, 1.54) is 12.8 Å². The minimum absolute atomic E-state index is 0.104. The van der Waals surface area contributed by atoms with Gasteiger partial charge in [-0.15, -0.1) is 0 Å². The first kappa shape index (κ1) is 16.4. The van der Waals surface area contributed by atoms with Gasteiger partial charge in [-0.05, 0) is 56.0 Å². The molecule has 1 saturated heterocycles. The molecule has 1 aliphatic rings. The maximum absolute atomic E-state index is 12.6. The highest BCUT2D eigenvalue weighted by molar-refractivity contribution is 6.06. The van der Waals surface area contributed by atoms with Crippen LogP contribution in [0.3, 0.4) is 0 Å². The molecule has 126 valence electrons. The van der Waals surface area contributed by atoms with Crippen molar-refractivity contribution in [1.29, 1.82) is 0 Å². The lowest BCUT2D eigenvalue weighted by molar-refractivity contribution is 0.102. The Hall–Kier alpha value is -2.49. The van der Waals surface area contributed by atoms with Crippen LogP contribution in [0, 0.1) is 12.8 Å². The highest BCUT2D eigenvalue weighted by Crippen LogP contribution is 2.31. The van der Waals surface area contributed by atoms with E-state index >= 15 is 0 Å². The molecule has 4 nitrogen and oxygen atoms in total. The second-order valence-corrected chi connectivity index (χ2v) is 6.77. The van der Waals surface area contributed by atoms with Gasteiger partial charge in [0.05, 0.1) is 11.4 Å². The third kappa shape index (κ3) is 3.70. The number of rotatable bonds is 3. The molecule has 0 radical (unpaired) electrons. The van der Waals surface area contributed by atoms with Crippen molar-refractivity contribution in [2.45, 2.75) is 26.7 Å². The van der Waals surface area contributed by atoms with Crippen LogP contribution in [-0.4, -0.2) is 19.0 Å². The number of hydrogen-bond acceptors (Lipinski definition) is 3. The first-order valence-corrected chi connectivity index (χ1v) is 8.55. The summed E-state index contributed by atoms with van der Waals surface area (Å²) in [5.41, 5.74) is 10.2. The molecule has 2 aromatic rings. The van der Waals surface area contributed by atoms with Crippen molar-refractivity contribution in [3.8, 4) is 0 Å². The monoisotopic (exact) mass is 323 g/mol. The van der Waals surface area contributed by atoms with Crippen LogP contribution in [0.4, 0.5) is 17.1 Å². The van der Waals surface area contributed by atoms with E-state index in [0.717, 1.165) is 35.9 Å². The summed E-state index contributed by atoms with van der Waals surface area (Å²) in [7, 11) is 0. The maximum atomic E-state index is 12.6. The number of nitrogens with two attached hydrogens (primary N) is 1. The molecule has 0 aliphatic carbocycles. The molecule has 1 aliphatic heterocycles. The lowest BCUT2D eigenvalue weighted by Crippen LogP contribution is -2.33. The smallest absolute Gasteiger partial charge is 0.255 e. The van der Waals surface area contributed by atoms with E-state index in [1.807, 2.05) is 49.4 Å². The van der Waals surface area contributed by atoms with Crippen molar-refractivity contribution in [3.63, 3.8) is 0 Å². The molecule has 1 amide bonds. The summed E-state index contributed by atoms with van der Waals surface area (Å²) in [5, 5.41) is 3.04. The molecular formula is C20H25N3O. The van der Waals surface area contributed by atoms with E-state index in [-0.39, 0.29) is 5.91 Å². The second-order valence-electron chi connectivity index (χ2n) is 6.77. The number of piperidine rings is 1. The average molecular weight is 323 g/mol. The lowest BCUT2D eigenvalue weighted by atomic mass is 9.98. The van der Waals surface area contributed by atoms with Crippen molar-refractivity contribution in [3.05, 3.63) is 53.6 Å². The van der Waals surface area contributed by atoms with Crippen LogP contribution in [0.5, 0.6) is 0 Å². The molecule has 3 N–H and O–H groups in total. The number of aryl methyl sites for hydroxylation is 1. The van der Waals surface area contributed by atoms with Crippen molar-refractivity contribution in [2.24, 2.45) is 5.92 Å². The standard InChI is InChI=1S/C20H25N3O/c1-14-3-5-16(6-4-14)20(24)22-18-13-17(21)7-8-19(18)23-11-9-15(2)10-12-23/h3-8,13,15H,9-12,21H2,1-2H3,(H,22,24). The topological polar surface area (TPSA) is 58.4 Å². The summed E-state index contributed by atoms with van der Waals surface area (Å²) in [5.74, 6) is 0.660. The summed E-state index contributed by atoms with van der Waals surface area (Å²) in [6.07, 6.45) is 2.35. The van der Waals surface area contributed by atoms with Crippen LogP contribution in [0.1, 0.15) is 35.7 Å². The number of anilines is 3. The van der Waals surface area contributed by atoms with Crippen LogP contribution >= 0.6 is 0 Å². The molecule has 0 unspecified atom stereocenters. The highest BCUT2D eigenvalue weighted by atomic mass is 16.1. The van der Waals surface area contributed by atoms with Gasteiger partial charge in [0.2, 0.25) is 0 Å². The molecule has 2 aromatic carbocycles. The summed E-state index contributed by atoms with van der Waals surface area (Å²) in [6.45, 7) is 6.33. The molecule has 24 heavy (non-hydrogen) atoms. The number of hydrogen-bond donors (Lipinski definition) is 2. The SMILES string of the molecule is Cc1ccc(C(=O)Nc2cc(N)ccc2N2CCC(C)CC2)cc1. The molecule has 4 heteroatoms. The normalized spacial score (nSPS) is 15.3. The fourth-order valence-electron chi connectivity index (χ4n) is 3.08. The van der Waals surface area contributed by atoms with Crippen LogP contribution in [0.25, 0.3) is 0 Å². The van der Waals surface area contributed by atoms with E-state index in [4.69, 9.17) is 5.73 Å². The van der Waals surface area contributed by atoms with E-state index in [1.54, 1.807) is 0 Å². The number of carbonyl (C=O) groups is 1. The lowest BCUT2D eigenvalue weighted by Gasteiger charge is -2.33. The van der Waals surface area contributed by atoms with Crippen molar-refractivity contribution < 1.29 is 4.79 Å². The Morgan fingerprint density at radius 2 is 1.79 bits per heavy atom. The predicted molar refractivity (Wildman–Crippen MR) is 101 cm³/mol. The van der Waals surface area contributed by atoms with Gasteiger partial charge in [-0.25, -0.2) is 0 Å². The molecule has 0 atom stereocenters. The Balaban J connectivity index is 1.82. The number of carbonyl (C=O) groups excluding carboxylic acids is 1. The largest absolute Gasteiger partial charge is 0.399 e. The summed E-state index contributed by atoms with van der Waals surface area (Å²) >= 11 is 0. The van der Waals surface area contributed by atoms with Crippen LogP contribution < -0.4 is 16.0 Å². The van der Waals surface area contributed by atoms with E-state index in [0.29, 0.717) is 11.3 Å². The zero-order valence-corrected chi connectivity index (χ0v) is 14.4. The van der Waals surface area contributed by atoms with Gasteiger partial charge in [0.15, 0.2) is 0 Å². The first-order chi connectivity index (χ1) is 11.5. The molecule has 0 bridgehead atoms. The quantitative estimate of drug-likeness (QED) is 0.837. The number of nitrogens with one attached hydrogen (secondary N) is 1. The molecule has 0 aromatic heterocycles. The Bertz CT molecular complexity index is 716. The van der Waals surface area contributed by atoms with E-state index in [9.17, 15) is 4.79 Å². The zero-order valence-electron chi connectivity index (χ0n) is 14.4. The maximum Gasteiger partial charge on any atom is 0.255 e. The fraction of sp³-hybridized carbons (Fsp3) is 0.350. The Labute approximate surface area is 143 Å². The molecule has 0 spiro atoms. The zero-order chi connectivity index (χ0) is 17.1. The van der Waals surface area contributed by atoms with Gasteiger partial charge in [0, 0.05) is 24.3 Å². The number of nitrogens with zero attached hydrogens (tertiary/aromatic N) is 1. The fourth-order valence-corrected chi connectivity index (χ4v) is 3.08. The number of benzene rings is 2. The van der Waals surface area contributed by atoms with Crippen LogP contribution in [-0.2, 0) is 0 Å². The second kappa shape index (κ2) is 6.95. The summed E-state index contributed by atoms with van der Waals surface area (Å²) in [4.78, 5) is 14.9. The minimum atomic E-state index is -0.104. The van der Waals surface area contributed by atoms with Crippen LogP contribution in [0.2, 0.25) is 0 Å². The molecule has 1 heterocycles. The van der Waals surface area contributed by atoms with Gasteiger partial charge in [0.25, 0.3) is 5.91 Å².